The van der Waals surface area contributed by atoms with Gasteiger partial charge in [0.15, 0.2) is 0 Å². The first kappa shape index (κ1) is 21.9. The second-order valence-electron chi connectivity index (χ2n) is 6.83. The van der Waals surface area contributed by atoms with Crippen molar-refractivity contribution in [2.75, 3.05) is 15.8 Å². The highest BCUT2D eigenvalue weighted by molar-refractivity contribution is 7.99. The van der Waals surface area contributed by atoms with E-state index >= 15 is 0 Å². The molecule has 0 bridgehead atoms. The fourth-order valence-electron chi connectivity index (χ4n) is 2.89. The molecule has 156 valence electrons. The molecular weight excluding hydrogens is 416 g/mol. The molecule has 0 aliphatic rings. The van der Waals surface area contributed by atoms with Crippen LogP contribution in [-0.2, 0) is 10.0 Å². The molecule has 0 atom stereocenters. The molecule has 5 nitrogen and oxygen atoms in total. The summed E-state index contributed by atoms with van der Waals surface area (Å²) in [5.41, 5.74) is 3.31. The van der Waals surface area contributed by atoms with Crippen molar-refractivity contribution >= 4 is 39.1 Å². The van der Waals surface area contributed by atoms with Crippen molar-refractivity contribution in [1.29, 1.82) is 0 Å². The Hall–Kier alpha value is -2.77. The minimum absolute atomic E-state index is 0.194. The fraction of sp³-hybridized carbons (Fsp3) is 0.174. The SMILES string of the molecule is CCSc1ccccc1NC(=O)c1ccc(NS(=O)(=O)c2ccc(C)cc2)c(C)c1. The number of hydrogen-bond acceptors (Lipinski definition) is 4. The Bertz CT molecular complexity index is 1160. The lowest BCUT2D eigenvalue weighted by molar-refractivity contribution is 0.102. The summed E-state index contributed by atoms with van der Waals surface area (Å²) in [5.74, 6) is 0.664. The highest BCUT2D eigenvalue weighted by atomic mass is 32.2. The first-order valence-corrected chi connectivity index (χ1v) is 12.0. The van der Waals surface area contributed by atoms with Gasteiger partial charge < -0.3 is 5.32 Å². The van der Waals surface area contributed by atoms with E-state index < -0.39 is 10.0 Å². The van der Waals surface area contributed by atoms with Gasteiger partial charge in [0, 0.05) is 10.5 Å². The number of rotatable bonds is 7. The highest BCUT2D eigenvalue weighted by Crippen LogP contribution is 2.27. The molecule has 30 heavy (non-hydrogen) atoms. The van der Waals surface area contributed by atoms with Crippen molar-refractivity contribution in [3.63, 3.8) is 0 Å². The van der Waals surface area contributed by atoms with E-state index in [1.54, 1.807) is 61.2 Å². The van der Waals surface area contributed by atoms with Crippen molar-refractivity contribution in [3.05, 3.63) is 83.4 Å². The molecule has 7 heteroatoms. The van der Waals surface area contributed by atoms with Crippen LogP contribution in [-0.4, -0.2) is 20.1 Å². The third-order valence-corrected chi connectivity index (χ3v) is 6.84. The molecule has 3 rings (SSSR count). The number of carbonyl (C=O) groups excluding carboxylic acids is 1. The Balaban J connectivity index is 1.78. The molecule has 0 aliphatic heterocycles. The van der Waals surface area contributed by atoms with Gasteiger partial charge in [-0.1, -0.05) is 36.8 Å². The summed E-state index contributed by atoms with van der Waals surface area (Å²) >= 11 is 1.66. The van der Waals surface area contributed by atoms with Crippen LogP contribution >= 0.6 is 11.8 Å². The van der Waals surface area contributed by atoms with Crippen molar-refractivity contribution in [1.82, 2.24) is 0 Å². The molecule has 2 N–H and O–H groups in total. The van der Waals surface area contributed by atoms with Gasteiger partial charge in [0.2, 0.25) is 0 Å². The van der Waals surface area contributed by atoms with Gasteiger partial charge >= 0.3 is 0 Å². The van der Waals surface area contributed by atoms with Crippen LogP contribution in [0, 0.1) is 13.8 Å². The zero-order valence-electron chi connectivity index (χ0n) is 17.1. The van der Waals surface area contributed by atoms with E-state index in [4.69, 9.17) is 0 Å². The second kappa shape index (κ2) is 9.36. The molecule has 0 saturated heterocycles. The number of carbonyl (C=O) groups is 1. The van der Waals surface area contributed by atoms with Gasteiger partial charge in [0.25, 0.3) is 15.9 Å². The molecule has 0 unspecified atom stereocenters. The third-order valence-electron chi connectivity index (χ3n) is 4.50. The minimum Gasteiger partial charge on any atom is -0.321 e. The van der Waals surface area contributed by atoms with E-state index in [9.17, 15) is 13.2 Å². The molecule has 3 aromatic rings. The molecule has 3 aromatic carbocycles. The van der Waals surface area contributed by atoms with Crippen LogP contribution in [0.25, 0.3) is 0 Å². The predicted molar refractivity (Wildman–Crippen MR) is 124 cm³/mol. The van der Waals surface area contributed by atoms with Crippen LogP contribution in [0.1, 0.15) is 28.4 Å². The van der Waals surface area contributed by atoms with E-state index in [1.807, 2.05) is 31.2 Å². The molecular formula is C23H24N2O3S2. The Morgan fingerprint density at radius 2 is 1.63 bits per heavy atom. The number of benzene rings is 3. The zero-order chi connectivity index (χ0) is 21.7. The van der Waals surface area contributed by atoms with E-state index in [1.165, 1.54) is 0 Å². The number of anilines is 2. The van der Waals surface area contributed by atoms with Gasteiger partial charge in [-0.2, -0.15) is 0 Å². The van der Waals surface area contributed by atoms with Gasteiger partial charge in [0.1, 0.15) is 0 Å². The first-order valence-electron chi connectivity index (χ1n) is 9.53. The summed E-state index contributed by atoms with van der Waals surface area (Å²) in [4.78, 5) is 13.9. The van der Waals surface area contributed by atoms with Crippen LogP contribution in [0.3, 0.4) is 0 Å². The monoisotopic (exact) mass is 440 g/mol. The smallest absolute Gasteiger partial charge is 0.261 e. The Kier molecular flexibility index (Phi) is 6.84. The van der Waals surface area contributed by atoms with Crippen molar-refractivity contribution in [2.24, 2.45) is 0 Å². The standard InChI is InChI=1S/C23H24N2O3S2/c1-4-29-22-8-6-5-7-21(22)24-23(26)18-11-14-20(17(3)15-18)25-30(27,28)19-12-9-16(2)10-13-19/h5-15,25H,4H2,1-3H3,(H,24,26). The van der Waals surface area contributed by atoms with Crippen LogP contribution in [0.15, 0.2) is 76.5 Å². The van der Waals surface area contributed by atoms with Crippen molar-refractivity contribution in [3.8, 4) is 0 Å². The number of amides is 1. The molecule has 0 fully saturated rings. The van der Waals surface area contributed by atoms with Crippen LogP contribution in [0.4, 0.5) is 11.4 Å². The van der Waals surface area contributed by atoms with Gasteiger partial charge in [-0.05, 0) is 67.6 Å². The molecule has 0 heterocycles. The normalized spacial score (nSPS) is 11.2. The summed E-state index contributed by atoms with van der Waals surface area (Å²) in [7, 11) is -3.70. The average Bonchev–Trinajstić information content (AvgIpc) is 2.71. The summed E-state index contributed by atoms with van der Waals surface area (Å²) in [6.45, 7) is 5.73. The number of para-hydroxylation sites is 1. The largest absolute Gasteiger partial charge is 0.321 e. The topological polar surface area (TPSA) is 75.3 Å². The van der Waals surface area contributed by atoms with E-state index in [0.717, 1.165) is 21.9 Å². The van der Waals surface area contributed by atoms with Gasteiger partial charge in [0.05, 0.1) is 16.3 Å². The van der Waals surface area contributed by atoms with Gasteiger partial charge in [-0.3, -0.25) is 9.52 Å². The zero-order valence-corrected chi connectivity index (χ0v) is 18.7. The number of thioether (sulfide) groups is 1. The predicted octanol–water partition coefficient (Wildman–Crippen LogP) is 5.47. The summed E-state index contributed by atoms with van der Waals surface area (Å²) in [6, 6.07) is 19.2. The lowest BCUT2D eigenvalue weighted by Crippen LogP contribution is -2.15. The lowest BCUT2D eigenvalue weighted by atomic mass is 10.1. The number of hydrogen-bond donors (Lipinski definition) is 2. The van der Waals surface area contributed by atoms with Gasteiger partial charge in [-0.25, -0.2) is 8.42 Å². The second-order valence-corrected chi connectivity index (χ2v) is 9.82. The average molecular weight is 441 g/mol. The van der Waals surface area contributed by atoms with E-state index in [2.05, 4.69) is 17.0 Å². The fourth-order valence-corrected chi connectivity index (χ4v) is 4.78. The summed E-state index contributed by atoms with van der Waals surface area (Å²) in [5, 5.41) is 2.94. The Labute approximate surface area is 182 Å². The maximum Gasteiger partial charge on any atom is 0.261 e. The maximum absolute atomic E-state index is 12.7. The van der Waals surface area contributed by atoms with E-state index in [-0.39, 0.29) is 10.8 Å². The van der Waals surface area contributed by atoms with Crippen molar-refractivity contribution < 1.29 is 13.2 Å². The number of sulfonamides is 1. The molecule has 1 amide bonds. The summed E-state index contributed by atoms with van der Waals surface area (Å²) < 4.78 is 27.9. The molecule has 0 spiro atoms. The van der Waals surface area contributed by atoms with Crippen LogP contribution in [0.5, 0.6) is 0 Å². The Morgan fingerprint density at radius 3 is 2.30 bits per heavy atom. The molecule has 0 radical (unpaired) electrons. The lowest BCUT2D eigenvalue weighted by Gasteiger charge is -2.13. The minimum atomic E-state index is -3.70. The number of nitrogens with one attached hydrogen (secondary N) is 2. The van der Waals surface area contributed by atoms with Crippen LogP contribution < -0.4 is 10.0 Å². The highest BCUT2D eigenvalue weighted by Gasteiger charge is 2.16. The van der Waals surface area contributed by atoms with Crippen LogP contribution in [0.2, 0.25) is 0 Å². The number of aryl methyl sites for hydroxylation is 2. The first-order chi connectivity index (χ1) is 14.3. The summed E-state index contributed by atoms with van der Waals surface area (Å²) in [6.07, 6.45) is 0. The molecule has 0 saturated carbocycles. The van der Waals surface area contributed by atoms with Crippen molar-refractivity contribution in [2.45, 2.75) is 30.6 Å². The molecule has 0 aliphatic carbocycles. The Morgan fingerprint density at radius 1 is 0.933 bits per heavy atom. The third kappa shape index (κ3) is 5.23. The van der Waals surface area contributed by atoms with E-state index in [0.29, 0.717) is 16.8 Å². The maximum atomic E-state index is 12.7. The van der Waals surface area contributed by atoms with Gasteiger partial charge in [-0.15, -0.1) is 11.8 Å². The quantitative estimate of drug-likeness (QED) is 0.478. The molecule has 0 aromatic heterocycles.